The number of rotatable bonds is 4. The summed E-state index contributed by atoms with van der Waals surface area (Å²) in [5.41, 5.74) is 1.57. The van der Waals surface area contributed by atoms with E-state index < -0.39 is 5.97 Å². The molecule has 0 bridgehead atoms. The van der Waals surface area contributed by atoms with Gasteiger partial charge in [0, 0.05) is 0 Å². The zero-order valence-corrected chi connectivity index (χ0v) is 10.9. The van der Waals surface area contributed by atoms with E-state index in [9.17, 15) is 4.79 Å². The number of carboxylic acid groups (broad SMARTS) is 1. The number of nitrogens with zero attached hydrogens (tertiary/aromatic N) is 4. The van der Waals surface area contributed by atoms with Crippen LogP contribution in [0.2, 0.25) is 5.02 Å². The summed E-state index contributed by atoms with van der Waals surface area (Å²) in [5, 5.41) is 20.8. The van der Waals surface area contributed by atoms with Gasteiger partial charge >= 0.3 is 5.97 Å². The van der Waals surface area contributed by atoms with Crippen molar-refractivity contribution in [3.63, 3.8) is 0 Å². The van der Waals surface area contributed by atoms with E-state index in [1.54, 1.807) is 6.07 Å². The number of para-hydroxylation sites is 1. The van der Waals surface area contributed by atoms with Crippen LogP contribution in [-0.2, 0) is 4.79 Å². The van der Waals surface area contributed by atoms with Gasteiger partial charge in [0.05, 0.1) is 16.5 Å². The van der Waals surface area contributed by atoms with Crippen LogP contribution in [0.15, 0.2) is 23.4 Å². The van der Waals surface area contributed by atoms with Crippen molar-refractivity contribution in [1.82, 2.24) is 20.2 Å². The van der Waals surface area contributed by atoms with Crippen LogP contribution in [-0.4, -0.2) is 37.0 Å². The van der Waals surface area contributed by atoms with E-state index in [-0.39, 0.29) is 5.75 Å². The molecule has 0 aliphatic rings. The number of carboxylic acids is 1. The summed E-state index contributed by atoms with van der Waals surface area (Å²) >= 11 is 7.16. The molecule has 94 valence electrons. The van der Waals surface area contributed by atoms with E-state index in [0.717, 1.165) is 17.3 Å². The SMILES string of the molecule is Cc1cccc(Cl)c1-n1nnnc1SCC(=O)O. The second-order valence-electron chi connectivity index (χ2n) is 3.46. The van der Waals surface area contributed by atoms with E-state index in [4.69, 9.17) is 16.7 Å². The number of aromatic nitrogens is 4. The number of halogens is 1. The molecular weight excluding hydrogens is 276 g/mol. The van der Waals surface area contributed by atoms with Crippen molar-refractivity contribution >= 4 is 29.3 Å². The molecule has 18 heavy (non-hydrogen) atoms. The largest absolute Gasteiger partial charge is 0.481 e. The Kier molecular flexibility index (Phi) is 3.83. The van der Waals surface area contributed by atoms with Crippen molar-refractivity contribution in [2.75, 3.05) is 5.75 Å². The lowest BCUT2D eigenvalue weighted by Gasteiger charge is -2.08. The number of hydrogen-bond donors (Lipinski definition) is 1. The molecule has 0 amide bonds. The molecule has 0 atom stereocenters. The fourth-order valence-electron chi connectivity index (χ4n) is 1.43. The van der Waals surface area contributed by atoms with Crippen LogP contribution >= 0.6 is 23.4 Å². The third-order valence-electron chi connectivity index (χ3n) is 2.17. The first-order valence-electron chi connectivity index (χ1n) is 4.98. The summed E-state index contributed by atoms with van der Waals surface area (Å²) < 4.78 is 1.45. The minimum Gasteiger partial charge on any atom is -0.481 e. The van der Waals surface area contributed by atoms with E-state index in [1.807, 2.05) is 19.1 Å². The second kappa shape index (κ2) is 5.36. The Morgan fingerprint density at radius 1 is 1.56 bits per heavy atom. The lowest BCUT2D eigenvalue weighted by Crippen LogP contribution is -2.05. The Morgan fingerprint density at radius 2 is 2.33 bits per heavy atom. The highest BCUT2D eigenvalue weighted by atomic mass is 35.5. The van der Waals surface area contributed by atoms with Crippen LogP contribution < -0.4 is 0 Å². The highest BCUT2D eigenvalue weighted by Crippen LogP contribution is 2.26. The van der Waals surface area contributed by atoms with Crippen molar-refractivity contribution in [3.05, 3.63) is 28.8 Å². The van der Waals surface area contributed by atoms with Gasteiger partial charge in [0.15, 0.2) is 0 Å². The molecule has 0 saturated heterocycles. The summed E-state index contributed by atoms with van der Waals surface area (Å²) in [6, 6.07) is 5.45. The van der Waals surface area contributed by atoms with Crippen LogP contribution in [0.5, 0.6) is 0 Å². The predicted octanol–water partition coefficient (Wildman–Crippen LogP) is 1.80. The molecule has 0 saturated carbocycles. The molecule has 0 aliphatic carbocycles. The normalized spacial score (nSPS) is 10.6. The first-order valence-corrected chi connectivity index (χ1v) is 6.34. The highest BCUT2D eigenvalue weighted by Gasteiger charge is 2.14. The monoisotopic (exact) mass is 284 g/mol. The van der Waals surface area contributed by atoms with Crippen molar-refractivity contribution < 1.29 is 9.90 Å². The summed E-state index contributed by atoms with van der Waals surface area (Å²) in [6.07, 6.45) is 0. The average molecular weight is 285 g/mol. The third-order valence-corrected chi connectivity index (χ3v) is 3.38. The van der Waals surface area contributed by atoms with Gasteiger partial charge in [-0.2, -0.15) is 4.68 Å². The molecule has 1 heterocycles. The zero-order valence-electron chi connectivity index (χ0n) is 9.37. The molecule has 2 aromatic rings. The Balaban J connectivity index is 2.39. The summed E-state index contributed by atoms with van der Waals surface area (Å²) in [7, 11) is 0. The van der Waals surface area contributed by atoms with E-state index >= 15 is 0 Å². The number of benzene rings is 1. The molecule has 0 unspecified atom stereocenters. The first kappa shape index (κ1) is 12.8. The molecule has 0 spiro atoms. The number of thioether (sulfide) groups is 1. The smallest absolute Gasteiger partial charge is 0.313 e. The lowest BCUT2D eigenvalue weighted by molar-refractivity contribution is -0.133. The Labute approximate surface area is 112 Å². The summed E-state index contributed by atoms with van der Waals surface area (Å²) in [5.74, 6) is -1.03. The van der Waals surface area contributed by atoms with Gasteiger partial charge in [-0.15, -0.1) is 5.10 Å². The molecule has 0 aliphatic heterocycles. The maximum Gasteiger partial charge on any atom is 0.313 e. The van der Waals surface area contributed by atoms with Crippen molar-refractivity contribution in [1.29, 1.82) is 0 Å². The van der Waals surface area contributed by atoms with Crippen LogP contribution in [0.1, 0.15) is 5.56 Å². The number of aliphatic carboxylic acids is 1. The van der Waals surface area contributed by atoms with Gasteiger partial charge < -0.3 is 5.11 Å². The summed E-state index contributed by atoms with van der Waals surface area (Å²) in [4.78, 5) is 10.6. The minimum absolute atomic E-state index is 0.107. The Bertz CT molecular complexity index is 567. The maximum atomic E-state index is 10.6. The number of aryl methyl sites for hydroxylation is 1. The average Bonchev–Trinajstić information content (AvgIpc) is 2.74. The van der Waals surface area contributed by atoms with Gasteiger partial charge in [0.2, 0.25) is 5.16 Å². The topological polar surface area (TPSA) is 80.9 Å². The van der Waals surface area contributed by atoms with Gasteiger partial charge in [0.1, 0.15) is 0 Å². The molecule has 0 fully saturated rings. The van der Waals surface area contributed by atoms with E-state index in [1.165, 1.54) is 4.68 Å². The van der Waals surface area contributed by atoms with Gasteiger partial charge in [-0.25, -0.2) is 0 Å². The number of tetrazole rings is 1. The highest BCUT2D eigenvalue weighted by molar-refractivity contribution is 7.99. The molecule has 0 radical (unpaired) electrons. The molecule has 1 aromatic heterocycles. The lowest BCUT2D eigenvalue weighted by atomic mass is 10.2. The molecule has 1 aromatic carbocycles. The van der Waals surface area contributed by atoms with Crippen LogP contribution in [0, 0.1) is 6.92 Å². The minimum atomic E-state index is -0.926. The van der Waals surface area contributed by atoms with Gasteiger partial charge in [0.25, 0.3) is 0 Å². The van der Waals surface area contributed by atoms with Gasteiger partial charge in [-0.3, -0.25) is 4.79 Å². The van der Waals surface area contributed by atoms with Crippen molar-refractivity contribution in [2.45, 2.75) is 12.1 Å². The zero-order chi connectivity index (χ0) is 13.1. The molecule has 8 heteroatoms. The summed E-state index contributed by atoms with van der Waals surface area (Å²) in [6.45, 7) is 1.88. The van der Waals surface area contributed by atoms with Crippen LogP contribution in [0.25, 0.3) is 5.69 Å². The molecule has 6 nitrogen and oxygen atoms in total. The van der Waals surface area contributed by atoms with Gasteiger partial charge in [-0.05, 0) is 29.0 Å². The van der Waals surface area contributed by atoms with Gasteiger partial charge in [-0.1, -0.05) is 35.5 Å². The Morgan fingerprint density at radius 3 is 3.00 bits per heavy atom. The number of hydrogen-bond acceptors (Lipinski definition) is 5. The second-order valence-corrected chi connectivity index (χ2v) is 4.81. The van der Waals surface area contributed by atoms with Crippen molar-refractivity contribution in [3.8, 4) is 5.69 Å². The standard InChI is InChI=1S/C10H9ClN4O2S/c1-6-3-2-4-7(11)9(6)15-10(12-13-14-15)18-5-8(16)17/h2-4H,5H2,1H3,(H,16,17). The molecular formula is C10H9ClN4O2S. The third kappa shape index (κ3) is 2.62. The fourth-order valence-corrected chi connectivity index (χ4v) is 2.33. The van der Waals surface area contributed by atoms with Crippen LogP contribution in [0.3, 0.4) is 0 Å². The van der Waals surface area contributed by atoms with E-state index in [0.29, 0.717) is 15.9 Å². The first-order chi connectivity index (χ1) is 8.59. The van der Waals surface area contributed by atoms with Crippen LogP contribution in [0.4, 0.5) is 0 Å². The van der Waals surface area contributed by atoms with E-state index in [2.05, 4.69) is 15.5 Å². The number of carbonyl (C=O) groups is 1. The van der Waals surface area contributed by atoms with Crippen molar-refractivity contribution in [2.24, 2.45) is 0 Å². The maximum absolute atomic E-state index is 10.6. The quantitative estimate of drug-likeness (QED) is 0.862. The fraction of sp³-hybridized carbons (Fsp3) is 0.200. The molecule has 2 rings (SSSR count). The Hall–Kier alpha value is -1.60. The predicted molar refractivity (Wildman–Crippen MR) is 67.3 cm³/mol. The molecule has 1 N–H and O–H groups in total.